The number of nitrogens with zero attached hydrogens (tertiary/aromatic N) is 1. The number of carboxylic acids is 1. The van der Waals surface area contributed by atoms with E-state index in [2.05, 4.69) is 5.32 Å². The number of amides is 2. The van der Waals surface area contributed by atoms with Gasteiger partial charge < -0.3 is 25.2 Å². The summed E-state index contributed by atoms with van der Waals surface area (Å²) in [6, 6.07) is 6.23. The number of aliphatic carboxylic acids is 1. The highest BCUT2D eigenvalue weighted by atomic mass is 35.5. The number of hydrogen-bond acceptors (Lipinski definition) is 5. The molecule has 1 fully saturated rings. The number of rotatable bonds is 7. The van der Waals surface area contributed by atoms with Gasteiger partial charge in [-0.15, -0.1) is 0 Å². The molecule has 0 aliphatic heterocycles. The molecule has 2 aromatic rings. The largest absolute Gasteiger partial charge is 0.507 e. The van der Waals surface area contributed by atoms with Crippen molar-refractivity contribution in [2.24, 2.45) is 0 Å². The molecule has 0 unspecified atom stereocenters. The van der Waals surface area contributed by atoms with E-state index < -0.39 is 18.3 Å². The number of nitrogens with one attached hydrogen (secondary N) is 1. The van der Waals surface area contributed by atoms with E-state index >= 15 is 0 Å². The second kappa shape index (κ2) is 9.31. The minimum atomic E-state index is -1.21. The van der Waals surface area contributed by atoms with Crippen LogP contribution in [0.5, 0.6) is 17.2 Å². The highest BCUT2D eigenvalue weighted by Crippen LogP contribution is 2.43. The van der Waals surface area contributed by atoms with Gasteiger partial charge in [-0.3, -0.25) is 14.4 Å². The molecule has 33 heavy (non-hydrogen) atoms. The van der Waals surface area contributed by atoms with E-state index in [1.807, 2.05) is 0 Å². The Kier molecular flexibility index (Phi) is 6.47. The number of aromatic hydroxyl groups is 1. The highest BCUT2D eigenvalue weighted by molar-refractivity contribution is 6.32. The van der Waals surface area contributed by atoms with Gasteiger partial charge in [-0.1, -0.05) is 11.6 Å². The second-order valence-corrected chi connectivity index (χ2v) is 8.85. The Balaban J connectivity index is 1.60. The van der Waals surface area contributed by atoms with Crippen LogP contribution in [0.3, 0.4) is 0 Å². The summed E-state index contributed by atoms with van der Waals surface area (Å²) in [5.41, 5.74) is 2.33. The third-order valence-electron chi connectivity index (χ3n) is 6.25. The first kappa shape index (κ1) is 22.9. The van der Waals surface area contributed by atoms with Crippen LogP contribution in [0.2, 0.25) is 5.02 Å². The van der Waals surface area contributed by atoms with Gasteiger partial charge in [0, 0.05) is 24.3 Å². The van der Waals surface area contributed by atoms with Crippen molar-refractivity contribution in [1.82, 2.24) is 4.90 Å². The number of fused-ring (bicyclic) bond motifs is 1. The Labute approximate surface area is 196 Å². The molecule has 0 atom stereocenters. The Morgan fingerprint density at radius 3 is 2.55 bits per heavy atom. The van der Waals surface area contributed by atoms with Crippen LogP contribution in [-0.4, -0.2) is 46.0 Å². The molecule has 2 aliphatic carbocycles. The van der Waals surface area contributed by atoms with Crippen molar-refractivity contribution in [3.63, 3.8) is 0 Å². The van der Waals surface area contributed by atoms with Crippen LogP contribution in [0, 0.1) is 0 Å². The van der Waals surface area contributed by atoms with E-state index in [0.717, 1.165) is 36.8 Å². The summed E-state index contributed by atoms with van der Waals surface area (Å²) in [4.78, 5) is 37.3. The fourth-order valence-corrected chi connectivity index (χ4v) is 4.53. The first-order chi connectivity index (χ1) is 15.7. The summed E-state index contributed by atoms with van der Waals surface area (Å²) < 4.78 is 6.08. The molecule has 0 aromatic heterocycles. The Bertz CT molecular complexity index is 1130. The number of carbonyl (C=O) groups is 3. The van der Waals surface area contributed by atoms with E-state index in [9.17, 15) is 19.5 Å². The summed E-state index contributed by atoms with van der Waals surface area (Å²) in [7, 11) is 1.74. The molecule has 2 amide bonds. The summed E-state index contributed by atoms with van der Waals surface area (Å²) >= 11 is 6.49. The predicted octanol–water partition coefficient (Wildman–Crippen LogP) is 4.36. The number of carbonyl (C=O) groups excluding carboxylic acids is 2. The van der Waals surface area contributed by atoms with Crippen LogP contribution in [0.1, 0.15) is 53.6 Å². The van der Waals surface area contributed by atoms with Crippen molar-refractivity contribution in [3.8, 4) is 17.2 Å². The van der Waals surface area contributed by atoms with Gasteiger partial charge in [-0.05, 0) is 68.4 Å². The molecule has 2 aliphatic rings. The van der Waals surface area contributed by atoms with Crippen molar-refractivity contribution >= 4 is 35.1 Å². The van der Waals surface area contributed by atoms with Gasteiger partial charge in [-0.2, -0.15) is 0 Å². The second-order valence-electron chi connectivity index (χ2n) is 8.45. The Morgan fingerprint density at radius 2 is 1.88 bits per heavy atom. The molecular formula is C24H25ClN2O6. The lowest BCUT2D eigenvalue weighted by Crippen LogP contribution is -2.41. The molecule has 3 N–H and O–H groups in total. The van der Waals surface area contributed by atoms with Crippen LogP contribution >= 0.6 is 11.6 Å². The number of ether oxygens (including phenoxy) is 1. The zero-order valence-corrected chi connectivity index (χ0v) is 18.9. The molecule has 1 saturated carbocycles. The monoisotopic (exact) mass is 472 g/mol. The van der Waals surface area contributed by atoms with Crippen molar-refractivity contribution in [2.75, 3.05) is 12.4 Å². The van der Waals surface area contributed by atoms with Crippen molar-refractivity contribution < 1.29 is 29.3 Å². The lowest BCUT2D eigenvalue weighted by atomic mass is 9.91. The minimum Gasteiger partial charge on any atom is -0.507 e. The molecule has 0 radical (unpaired) electrons. The quantitative estimate of drug-likeness (QED) is 0.515. The maximum atomic E-state index is 12.9. The number of hydrogen-bond donors (Lipinski definition) is 3. The number of anilines is 1. The van der Waals surface area contributed by atoms with Gasteiger partial charge in [0.1, 0.15) is 23.7 Å². The van der Waals surface area contributed by atoms with Crippen LogP contribution < -0.4 is 10.1 Å². The number of phenolic OH excluding ortho intramolecular Hbond substituents is 1. The standard InChI is InChI=1S/C24H25ClN2O6/c1-27(13-4-2-5-13)24(32)17-10-14(8-9-20(17)28)33-23-16-7-3-6-15(16)19(11-18(23)25)26-21(29)12-22(30)31/h8-11,13,28H,2-7,12H2,1H3,(H,26,29)(H,30,31). The van der Waals surface area contributed by atoms with Gasteiger partial charge >= 0.3 is 5.97 Å². The molecule has 0 bridgehead atoms. The topological polar surface area (TPSA) is 116 Å². The SMILES string of the molecule is CN(C(=O)c1cc(Oc2c(Cl)cc(NC(=O)CC(=O)O)c3c2CCC3)ccc1O)C1CCC1. The fourth-order valence-electron chi connectivity index (χ4n) is 4.27. The molecule has 0 saturated heterocycles. The van der Waals surface area contributed by atoms with Crippen molar-refractivity contribution in [2.45, 2.75) is 51.0 Å². The fraction of sp³-hybridized carbons (Fsp3) is 0.375. The van der Waals surface area contributed by atoms with Gasteiger partial charge in [0.25, 0.3) is 5.91 Å². The van der Waals surface area contributed by atoms with Gasteiger partial charge in [-0.25, -0.2) is 0 Å². The number of benzene rings is 2. The van der Waals surface area contributed by atoms with Crippen LogP contribution in [-0.2, 0) is 22.4 Å². The summed E-state index contributed by atoms with van der Waals surface area (Å²) in [6.07, 6.45) is 4.57. The average Bonchev–Trinajstić information content (AvgIpc) is 3.19. The summed E-state index contributed by atoms with van der Waals surface area (Å²) in [5, 5.41) is 22.0. The Morgan fingerprint density at radius 1 is 1.15 bits per heavy atom. The molecule has 174 valence electrons. The smallest absolute Gasteiger partial charge is 0.312 e. The number of halogens is 1. The molecule has 8 nitrogen and oxygen atoms in total. The maximum Gasteiger partial charge on any atom is 0.312 e. The van der Waals surface area contributed by atoms with E-state index in [0.29, 0.717) is 30.0 Å². The molecule has 9 heteroatoms. The molecule has 0 heterocycles. The molecule has 4 rings (SSSR count). The lowest BCUT2D eigenvalue weighted by molar-refractivity contribution is -0.139. The van der Waals surface area contributed by atoms with E-state index in [1.165, 1.54) is 12.1 Å². The van der Waals surface area contributed by atoms with Crippen LogP contribution in [0.25, 0.3) is 0 Å². The van der Waals surface area contributed by atoms with Crippen LogP contribution in [0.15, 0.2) is 24.3 Å². The Hall–Kier alpha value is -3.26. The van der Waals surface area contributed by atoms with E-state index in [-0.39, 0.29) is 28.3 Å². The summed E-state index contributed by atoms with van der Waals surface area (Å²) in [5.74, 6) is -1.44. The zero-order valence-electron chi connectivity index (χ0n) is 18.2. The molecule has 2 aromatic carbocycles. The van der Waals surface area contributed by atoms with E-state index in [4.69, 9.17) is 21.4 Å². The lowest BCUT2D eigenvalue weighted by Gasteiger charge is -2.34. The van der Waals surface area contributed by atoms with Crippen molar-refractivity contribution in [1.29, 1.82) is 0 Å². The number of carboxylic acid groups (broad SMARTS) is 1. The minimum absolute atomic E-state index is 0.119. The predicted molar refractivity (Wildman–Crippen MR) is 122 cm³/mol. The van der Waals surface area contributed by atoms with Crippen molar-refractivity contribution in [3.05, 3.63) is 46.0 Å². The maximum absolute atomic E-state index is 12.9. The number of phenols is 1. The highest BCUT2D eigenvalue weighted by Gasteiger charge is 2.29. The zero-order chi connectivity index (χ0) is 23.7. The first-order valence-electron chi connectivity index (χ1n) is 10.9. The van der Waals surface area contributed by atoms with Gasteiger partial charge in [0.2, 0.25) is 5.91 Å². The summed E-state index contributed by atoms with van der Waals surface area (Å²) in [6.45, 7) is 0. The normalized spacial score (nSPS) is 14.8. The van der Waals surface area contributed by atoms with Gasteiger partial charge in [0.15, 0.2) is 0 Å². The third-order valence-corrected chi connectivity index (χ3v) is 6.53. The van der Waals surface area contributed by atoms with E-state index in [1.54, 1.807) is 24.1 Å². The molecule has 0 spiro atoms. The third kappa shape index (κ3) is 4.75. The molecular weight excluding hydrogens is 448 g/mol. The van der Waals surface area contributed by atoms with Crippen LogP contribution in [0.4, 0.5) is 5.69 Å². The first-order valence-corrected chi connectivity index (χ1v) is 11.3. The van der Waals surface area contributed by atoms with Gasteiger partial charge in [0.05, 0.1) is 10.6 Å². The average molecular weight is 473 g/mol.